The maximum Gasteiger partial charge on any atom is 0.159 e. The van der Waals surface area contributed by atoms with E-state index in [1.54, 1.807) is 0 Å². The van der Waals surface area contributed by atoms with E-state index >= 15 is 0 Å². The SMILES string of the molecule is Cc1ccc(C)n1-c1cc(C(C)(C)C)n(C[C@@H]2CNCCO2)n1. The summed E-state index contributed by atoms with van der Waals surface area (Å²) in [6.45, 7) is 14.3. The second-order valence-corrected chi connectivity index (χ2v) is 7.47. The third-order valence-electron chi connectivity index (χ3n) is 4.42. The number of ether oxygens (including phenoxy) is 1. The zero-order valence-corrected chi connectivity index (χ0v) is 14.9. The molecule has 2 aromatic rings. The first-order valence-electron chi connectivity index (χ1n) is 8.42. The first kappa shape index (κ1) is 16.3. The van der Waals surface area contributed by atoms with Gasteiger partial charge in [0.1, 0.15) is 0 Å². The fourth-order valence-corrected chi connectivity index (χ4v) is 3.22. The van der Waals surface area contributed by atoms with Crippen LogP contribution in [-0.4, -0.2) is 40.1 Å². The second kappa shape index (κ2) is 6.13. The van der Waals surface area contributed by atoms with E-state index in [9.17, 15) is 0 Å². The van der Waals surface area contributed by atoms with Gasteiger partial charge in [0, 0.05) is 41.7 Å². The lowest BCUT2D eigenvalue weighted by Crippen LogP contribution is -2.41. The van der Waals surface area contributed by atoms with Gasteiger partial charge in [-0.25, -0.2) is 0 Å². The lowest BCUT2D eigenvalue weighted by Gasteiger charge is -2.26. The quantitative estimate of drug-likeness (QED) is 0.946. The Hall–Kier alpha value is -1.59. The first-order valence-corrected chi connectivity index (χ1v) is 8.42. The summed E-state index contributed by atoms with van der Waals surface area (Å²) in [4.78, 5) is 0. The number of nitrogens with zero attached hydrogens (tertiary/aromatic N) is 3. The molecule has 0 unspecified atom stereocenters. The Labute approximate surface area is 138 Å². The molecule has 5 heteroatoms. The van der Waals surface area contributed by atoms with Crippen LogP contribution in [0.15, 0.2) is 18.2 Å². The lowest BCUT2D eigenvalue weighted by molar-refractivity contribution is 0.0152. The van der Waals surface area contributed by atoms with E-state index in [1.165, 1.54) is 17.1 Å². The first-order chi connectivity index (χ1) is 10.9. The summed E-state index contributed by atoms with van der Waals surface area (Å²) in [6.07, 6.45) is 0.185. The molecule has 23 heavy (non-hydrogen) atoms. The number of aryl methyl sites for hydroxylation is 2. The molecule has 0 bridgehead atoms. The van der Waals surface area contributed by atoms with Gasteiger partial charge in [0.15, 0.2) is 5.82 Å². The van der Waals surface area contributed by atoms with Crippen LogP contribution in [0.5, 0.6) is 0 Å². The van der Waals surface area contributed by atoms with Gasteiger partial charge in [-0.1, -0.05) is 20.8 Å². The Kier molecular flexibility index (Phi) is 4.34. The average molecular weight is 316 g/mol. The van der Waals surface area contributed by atoms with Crippen LogP contribution in [0, 0.1) is 13.8 Å². The molecule has 0 aliphatic carbocycles. The van der Waals surface area contributed by atoms with Crippen LogP contribution in [0.3, 0.4) is 0 Å². The molecule has 1 fully saturated rings. The third kappa shape index (κ3) is 3.35. The molecule has 0 radical (unpaired) electrons. The molecule has 1 aliphatic rings. The van der Waals surface area contributed by atoms with Crippen molar-refractivity contribution in [3.63, 3.8) is 0 Å². The highest BCUT2D eigenvalue weighted by molar-refractivity contribution is 5.34. The van der Waals surface area contributed by atoms with Crippen LogP contribution < -0.4 is 5.32 Å². The van der Waals surface area contributed by atoms with Gasteiger partial charge >= 0.3 is 0 Å². The third-order valence-corrected chi connectivity index (χ3v) is 4.42. The van der Waals surface area contributed by atoms with Crippen LogP contribution in [0.25, 0.3) is 5.82 Å². The highest BCUT2D eigenvalue weighted by Crippen LogP contribution is 2.26. The van der Waals surface area contributed by atoms with Gasteiger partial charge in [-0.15, -0.1) is 0 Å². The summed E-state index contributed by atoms with van der Waals surface area (Å²) in [7, 11) is 0. The Balaban J connectivity index is 1.97. The minimum absolute atomic E-state index is 0.0440. The molecule has 0 spiro atoms. The van der Waals surface area contributed by atoms with Crippen molar-refractivity contribution in [2.24, 2.45) is 0 Å². The fourth-order valence-electron chi connectivity index (χ4n) is 3.22. The van der Waals surface area contributed by atoms with E-state index in [1.807, 2.05) is 0 Å². The molecule has 1 atom stereocenters. The number of aromatic nitrogens is 3. The van der Waals surface area contributed by atoms with Gasteiger partial charge in [-0.05, 0) is 26.0 Å². The summed E-state index contributed by atoms with van der Waals surface area (Å²) in [5.74, 6) is 0.999. The van der Waals surface area contributed by atoms with Gasteiger partial charge in [0.2, 0.25) is 0 Å². The second-order valence-electron chi connectivity index (χ2n) is 7.47. The van der Waals surface area contributed by atoms with Crippen LogP contribution in [-0.2, 0) is 16.7 Å². The normalized spacial score (nSPS) is 19.3. The van der Waals surface area contributed by atoms with Crippen molar-refractivity contribution in [1.82, 2.24) is 19.7 Å². The molecule has 1 saturated heterocycles. The molecule has 0 amide bonds. The van der Waals surface area contributed by atoms with Crippen LogP contribution in [0.4, 0.5) is 0 Å². The van der Waals surface area contributed by atoms with Crippen molar-refractivity contribution < 1.29 is 4.74 Å². The Morgan fingerprint density at radius 1 is 1.26 bits per heavy atom. The Bertz CT molecular complexity index is 652. The Morgan fingerprint density at radius 3 is 2.52 bits per heavy atom. The molecule has 3 rings (SSSR count). The van der Waals surface area contributed by atoms with Crippen molar-refractivity contribution in [2.75, 3.05) is 19.7 Å². The lowest BCUT2D eigenvalue weighted by atomic mass is 9.92. The Morgan fingerprint density at radius 2 is 1.96 bits per heavy atom. The van der Waals surface area contributed by atoms with E-state index in [-0.39, 0.29) is 11.5 Å². The van der Waals surface area contributed by atoms with Crippen molar-refractivity contribution in [1.29, 1.82) is 0 Å². The average Bonchev–Trinajstić information content (AvgIpc) is 3.03. The molecular weight excluding hydrogens is 288 g/mol. The summed E-state index contributed by atoms with van der Waals surface area (Å²) in [5.41, 5.74) is 3.71. The summed E-state index contributed by atoms with van der Waals surface area (Å²) >= 11 is 0. The molecule has 1 N–H and O–H groups in total. The molecular formula is C18H28N4O. The minimum Gasteiger partial charge on any atom is -0.374 e. The number of morpholine rings is 1. The van der Waals surface area contributed by atoms with Gasteiger partial charge in [0.05, 0.1) is 19.3 Å². The molecule has 5 nitrogen and oxygen atoms in total. The van der Waals surface area contributed by atoms with E-state index in [2.05, 4.69) is 67.4 Å². The minimum atomic E-state index is 0.0440. The number of nitrogens with one attached hydrogen (secondary N) is 1. The van der Waals surface area contributed by atoms with Crippen molar-refractivity contribution in [2.45, 2.75) is 52.7 Å². The highest BCUT2D eigenvalue weighted by atomic mass is 16.5. The van der Waals surface area contributed by atoms with Crippen molar-refractivity contribution in [3.05, 3.63) is 35.3 Å². The maximum atomic E-state index is 5.87. The molecule has 2 aromatic heterocycles. The number of hydrogen-bond donors (Lipinski definition) is 1. The van der Waals surface area contributed by atoms with Crippen LogP contribution >= 0.6 is 0 Å². The maximum absolute atomic E-state index is 5.87. The smallest absolute Gasteiger partial charge is 0.159 e. The summed E-state index contributed by atoms with van der Waals surface area (Å²) < 4.78 is 10.2. The largest absolute Gasteiger partial charge is 0.374 e. The van der Waals surface area contributed by atoms with E-state index in [0.717, 1.165) is 32.1 Å². The standard InChI is InChI=1S/C18H28N4O/c1-13-6-7-14(2)22(13)17-10-16(18(3,4)5)21(20-17)12-15-11-19-8-9-23-15/h6-7,10,15,19H,8-9,11-12H2,1-5H3/t15-/m0/s1. The molecule has 126 valence electrons. The van der Waals surface area contributed by atoms with Crippen molar-refractivity contribution >= 4 is 0 Å². The fraction of sp³-hybridized carbons (Fsp3) is 0.611. The molecule has 1 aliphatic heterocycles. The monoisotopic (exact) mass is 316 g/mol. The van der Waals surface area contributed by atoms with Crippen LogP contribution in [0.2, 0.25) is 0 Å². The van der Waals surface area contributed by atoms with Crippen LogP contribution in [0.1, 0.15) is 37.9 Å². The molecule has 0 aromatic carbocycles. The zero-order valence-electron chi connectivity index (χ0n) is 14.9. The van der Waals surface area contributed by atoms with E-state index < -0.39 is 0 Å². The van der Waals surface area contributed by atoms with Gasteiger partial charge in [-0.3, -0.25) is 4.68 Å². The highest BCUT2D eigenvalue weighted by Gasteiger charge is 2.24. The molecule has 3 heterocycles. The predicted molar refractivity (Wildman–Crippen MR) is 92.3 cm³/mol. The number of hydrogen-bond acceptors (Lipinski definition) is 3. The van der Waals surface area contributed by atoms with Gasteiger partial charge in [0.25, 0.3) is 0 Å². The van der Waals surface area contributed by atoms with E-state index in [0.29, 0.717) is 0 Å². The van der Waals surface area contributed by atoms with Gasteiger partial charge < -0.3 is 14.6 Å². The van der Waals surface area contributed by atoms with E-state index in [4.69, 9.17) is 9.84 Å². The summed E-state index contributed by atoms with van der Waals surface area (Å²) in [5, 5.41) is 8.30. The van der Waals surface area contributed by atoms with Crippen molar-refractivity contribution in [3.8, 4) is 5.82 Å². The topological polar surface area (TPSA) is 44.0 Å². The molecule has 0 saturated carbocycles. The summed E-state index contributed by atoms with van der Waals surface area (Å²) in [6, 6.07) is 6.49. The zero-order chi connectivity index (χ0) is 16.6. The number of rotatable bonds is 3. The van der Waals surface area contributed by atoms with Gasteiger partial charge in [-0.2, -0.15) is 5.10 Å². The predicted octanol–water partition coefficient (Wildman–Crippen LogP) is 2.58.